The number of rotatable bonds is 11. The van der Waals surface area contributed by atoms with E-state index in [-0.39, 0.29) is 12.0 Å². The normalized spacial score (nSPS) is 17.5. The van der Waals surface area contributed by atoms with Gasteiger partial charge >= 0.3 is 6.16 Å². The first-order valence-electron chi connectivity index (χ1n) is 14.9. The molecule has 1 fully saturated rings. The smallest absolute Gasteiger partial charge is 0.491 e. The van der Waals surface area contributed by atoms with E-state index in [0.717, 1.165) is 23.3 Å². The van der Waals surface area contributed by atoms with Crippen molar-refractivity contribution in [1.29, 1.82) is 0 Å². The highest BCUT2D eigenvalue weighted by molar-refractivity contribution is 5.82. The van der Waals surface area contributed by atoms with Gasteiger partial charge in [0.05, 0.1) is 32.5 Å². The van der Waals surface area contributed by atoms with E-state index in [9.17, 15) is 4.79 Å². The Kier molecular flexibility index (Phi) is 10.3. The lowest BCUT2D eigenvalue weighted by molar-refractivity contribution is -0.179. The van der Waals surface area contributed by atoms with Crippen LogP contribution in [-0.2, 0) is 32.3 Å². The van der Waals surface area contributed by atoms with Crippen LogP contribution in [0.5, 0.6) is 5.75 Å². The summed E-state index contributed by atoms with van der Waals surface area (Å²) in [6.45, 7) is 8.50. The summed E-state index contributed by atoms with van der Waals surface area (Å²) < 4.78 is 23.5. The Hall–Kier alpha value is -3.91. The van der Waals surface area contributed by atoms with Crippen molar-refractivity contribution in [3.8, 4) is 5.75 Å². The number of hydrogen-bond donors (Lipinski definition) is 0. The van der Waals surface area contributed by atoms with Gasteiger partial charge in [-0.3, -0.25) is 0 Å². The number of hydroxylamine groups is 2. The van der Waals surface area contributed by atoms with Crippen LogP contribution in [0.2, 0.25) is 0 Å². The van der Waals surface area contributed by atoms with E-state index in [2.05, 4.69) is 54.6 Å². The lowest BCUT2D eigenvalue weighted by Crippen LogP contribution is -2.45. The monoisotopic (exact) mass is 583 g/mol. The molecule has 2 unspecified atom stereocenters. The highest BCUT2D eigenvalue weighted by Crippen LogP contribution is 2.32. The molecule has 1 aliphatic heterocycles. The van der Waals surface area contributed by atoms with Crippen molar-refractivity contribution in [3.05, 3.63) is 114 Å². The molecule has 0 aromatic heterocycles. The van der Waals surface area contributed by atoms with Gasteiger partial charge in [0.15, 0.2) is 0 Å². The highest BCUT2D eigenvalue weighted by Gasteiger charge is 2.34. The van der Waals surface area contributed by atoms with Crippen LogP contribution in [-0.4, -0.2) is 49.2 Å². The minimum atomic E-state index is -0.697. The molecule has 0 saturated carbocycles. The molecule has 0 radical (unpaired) electrons. The second-order valence-electron chi connectivity index (χ2n) is 11.8. The van der Waals surface area contributed by atoms with E-state index in [1.807, 2.05) is 63.2 Å². The summed E-state index contributed by atoms with van der Waals surface area (Å²) in [5.41, 5.74) is 2.77. The summed E-state index contributed by atoms with van der Waals surface area (Å²) in [4.78, 5) is 17.9. The van der Waals surface area contributed by atoms with Gasteiger partial charge in [-0.1, -0.05) is 78.9 Å². The second kappa shape index (κ2) is 14.5. The average Bonchev–Trinajstić information content (AvgIpc) is 3.00. The number of nitrogens with zero attached hydrogens (tertiary/aromatic N) is 1. The van der Waals surface area contributed by atoms with Gasteiger partial charge in [-0.05, 0) is 72.9 Å². The molecule has 1 aliphatic rings. The molecular weight excluding hydrogens is 542 g/mol. The number of piperidine rings is 1. The Bertz CT molecular complexity index is 1450. The van der Waals surface area contributed by atoms with E-state index in [0.29, 0.717) is 39.5 Å². The SMILES string of the molecule is CC(C)(C)OC(=O)ON1CCC(c2ccc(COCCOc3ccccc3)cc2)C(OCc2ccc3ccccc3c2)C1. The highest BCUT2D eigenvalue weighted by atomic mass is 16.8. The Morgan fingerprint density at radius 3 is 2.30 bits per heavy atom. The lowest BCUT2D eigenvalue weighted by Gasteiger charge is -2.37. The first-order chi connectivity index (χ1) is 20.8. The van der Waals surface area contributed by atoms with Crippen LogP contribution in [0, 0.1) is 0 Å². The van der Waals surface area contributed by atoms with Crippen LogP contribution >= 0.6 is 0 Å². The number of ether oxygens (including phenoxy) is 4. The van der Waals surface area contributed by atoms with Crippen molar-refractivity contribution in [3.63, 3.8) is 0 Å². The zero-order valence-corrected chi connectivity index (χ0v) is 25.2. The summed E-state index contributed by atoms with van der Waals surface area (Å²) in [5.74, 6) is 0.989. The molecule has 4 aromatic rings. The van der Waals surface area contributed by atoms with E-state index in [4.69, 9.17) is 23.8 Å². The van der Waals surface area contributed by atoms with Crippen LogP contribution < -0.4 is 4.74 Å². The summed E-state index contributed by atoms with van der Waals surface area (Å²) in [6, 6.07) is 33.0. The standard InChI is InChI=1S/C36H41NO6/c1-36(2,3)42-35(38)43-37-20-19-33(34(24-37)41-26-28-15-16-29-9-7-8-10-31(29)23-28)30-17-13-27(14-18-30)25-39-21-22-40-32-11-5-4-6-12-32/h4-18,23,33-34H,19-22,24-26H2,1-3H3. The topological polar surface area (TPSA) is 66.5 Å². The number of para-hydroxylation sites is 1. The second-order valence-corrected chi connectivity index (χ2v) is 11.8. The van der Waals surface area contributed by atoms with Crippen molar-refractivity contribution in [2.45, 2.75) is 58.0 Å². The van der Waals surface area contributed by atoms with Crippen LogP contribution in [0.25, 0.3) is 10.8 Å². The van der Waals surface area contributed by atoms with Gasteiger partial charge in [0.1, 0.15) is 18.0 Å². The molecule has 5 rings (SSSR count). The molecule has 7 nitrogen and oxygen atoms in total. The average molecular weight is 584 g/mol. The number of hydrogen-bond acceptors (Lipinski definition) is 7. The summed E-state index contributed by atoms with van der Waals surface area (Å²) >= 11 is 0. The Morgan fingerprint density at radius 2 is 1.53 bits per heavy atom. The molecular formula is C36H41NO6. The first kappa shape index (κ1) is 30.5. The van der Waals surface area contributed by atoms with Gasteiger partial charge in [-0.2, -0.15) is 0 Å². The molecule has 1 saturated heterocycles. The fourth-order valence-electron chi connectivity index (χ4n) is 5.21. The van der Waals surface area contributed by atoms with Crippen molar-refractivity contribution < 1.29 is 28.6 Å². The number of fused-ring (bicyclic) bond motifs is 1. The van der Waals surface area contributed by atoms with E-state index in [1.165, 1.54) is 16.3 Å². The molecule has 0 spiro atoms. The largest absolute Gasteiger partial charge is 0.528 e. The van der Waals surface area contributed by atoms with E-state index < -0.39 is 11.8 Å². The molecule has 2 atom stereocenters. The molecule has 43 heavy (non-hydrogen) atoms. The third-order valence-electron chi connectivity index (χ3n) is 7.31. The summed E-state index contributed by atoms with van der Waals surface area (Å²) in [6.07, 6.45) is -0.102. The molecule has 7 heteroatoms. The molecule has 0 aliphatic carbocycles. The maximum atomic E-state index is 12.4. The Balaban J connectivity index is 1.20. The molecule has 1 heterocycles. The quantitative estimate of drug-likeness (QED) is 0.133. The number of carbonyl (C=O) groups excluding carboxylic acids is 1. The van der Waals surface area contributed by atoms with Gasteiger partial charge < -0.3 is 23.8 Å². The predicted octanol–water partition coefficient (Wildman–Crippen LogP) is 7.68. The summed E-state index contributed by atoms with van der Waals surface area (Å²) in [5, 5.41) is 4.05. The van der Waals surface area contributed by atoms with Gasteiger partial charge in [0.25, 0.3) is 0 Å². The Morgan fingerprint density at radius 1 is 0.814 bits per heavy atom. The minimum absolute atomic E-state index is 0.146. The lowest BCUT2D eigenvalue weighted by atomic mass is 9.87. The van der Waals surface area contributed by atoms with Gasteiger partial charge in [0.2, 0.25) is 0 Å². The van der Waals surface area contributed by atoms with Crippen LogP contribution in [0.15, 0.2) is 97.1 Å². The maximum absolute atomic E-state index is 12.4. The van der Waals surface area contributed by atoms with Crippen molar-refractivity contribution in [2.75, 3.05) is 26.3 Å². The predicted molar refractivity (Wildman–Crippen MR) is 167 cm³/mol. The van der Waals surface area contributed by atoms with Crippen LogP contribution in [0.3, 0.4) is 0 Å². The minimum Gasteiger partial charge on any atom is -0.491 e. The van der Waals surface area contributed by atoms with Crippen molar-refractivity contribution in [2.24, 2.45) is 0 Å². The van der Waals surface area contributed by atoms with Crippen LogP contribution in [0.4, 0.5) is 4.79 Å². The fourth-order valence-corrected chi connectivity index (χ4v) is 5.21. The van der Waals surface area contributed by atoms with Crippen LogP contribution in [0.1, 0.15) is 49.8 Å². The third kappa shape index (κ3) is 9.29. The van der Waals surface area contributed by atoms with Gasteiger partial charge in [-0.25, -0.2) is 4.79 Å². The fraction of sp³-hybridized carbons (Fsp3) is 0.361. The summed E-state index contributed by atoms with van der Waals surface area (Å²) in [7, 11) is 0. The molecule has 0 bridgehead atoms. The van der Waals surface area contributed by atoms with Crippen molar-refractivity contribution in [1.82, 2.24) is 5.06 Å². The number of carbonyl (C=O) groups is 1. The third-order valence-corrected chi connectivity index (χ3v) is 7.31. The molecule has 226 valence electrons. The molecule has 4 aromatic carbocycles. The van der Waals surface area contributed by atoms with E-state index in [1.54, 1.807) is 5.06 Å². The van der Waals surface area contributed by atoms with Gasteiger partial charge in [0, 0.05) is 12.5 Å². The Labute approximate surface area is 254 Å². The number of benzene rings is 4. The molecule has 0 amide bonds. The zero-order valence-electron chi connectivity index (χ0n) is 25.2. The molecule has 0 N–H and O–H groups in total. The van der Waals surface area contributed by atoms with Gasteiger partial charge in [-0.15, -0.1) is 5.06 Å². The zero-order chi connectivity index (χ0) is 30.1. The maximum Gasteiger partial charge on any atom is 0.528 e. The van der Waals surface area contributed by atoms with E-state index >= 15 is 0 Å². The first-order valence-corrected chi connectivity index (χ1v) is 14.9. The van der Waals surface area contributed by atoms with Crippen molar-refractivity contribution >= 4 is 16.9 Å².